The first-order valence-electron chi connectivity index (χ1n) is 8.84. The first-order chi connectivity index (χ1) is 12.0. The van der Waals surface area contributed by atoms with Crippen LogP contribution in [0.2, 0.25) is 0 Å². The minimum absolute atomic E-state index is 0.0643. The summed E-state index contributed by atoms with van der Waals surface area (Å²) in [5.41, 5.74) is 1.94. The van der Waals surface area contributed by atoms with Gasteiger partial charge in [0.1, 0.15) is 0 Å². The number of rotatable bonds is 2. The van der Waals surface area contributed by atoms with Crippen LogP contribution in [0.15, 0.2) is 48.8 Å². The molecule has 2 bridgehead atoms. The number of fused-ring (bicyclic) bond motifs is 2. The number of hydrogen-bond acceptors (Lipinski definition) is 3. The Morgan fingerprint density at radius 2 is 1.88 bits per heavy atom. The molecule has 130 valence electrons. The number of aliphatic hydroxyl groups is 1. The molecule has 2 saturated heterocycles. The van der Waals surface area contributed by atoms with Crippen molar-refractivity contribution in [3.63, 3.8) is 0 Å². The second-order valence-corrected chi connectivity index (χ2v) is 7.27. The summed E-state index contributed by atoms with van der Waals surface area (Å²) < 4.78 is 0. The van der Waals surface area contributed by atoms with E-state index in [1.807, 2.05) is 48.2 Å². The summed E-state index contributed by atoms with van der Waals surface area (Å²) in [5, 5.41) is 14.1. The van der Waals surface area contributed by atoms with Crippen molar-refractivity contribution in [2.45, 2.75) is 50.3 Å². The Balaban J connectivity index is 1.50. The molecule has 3 heterocycles. The van der Waals surface area contributed by atoms with Gasteiger partial charge in [-0.3, -0.25) is 4.98 Å². The summed E-state index contributed by atoms with van der Waals surface area (Å²) in [5.74, 6) is 0. The predicted molar refractivity (Wildman–Crippen MR) is 96.2 cm³/mol. The number of carbonyl (C=O) groups excluding carboxylic acids is 1. The van der Waals surface area contributed by atoms with Crippen molar-refractivity contribution in [3.05, 3.63) is 59.9 Å². The number of benzene rings is 1. The van der Waals surface area contributed by atoms with Gasteiger partial charge in [0.05, 0.1) is 5.60 Å². The number of aromatic nitrogens is 1. The SMILES string of the molecule is Cc1ccc(NC(=O)N2C3CCC2CC(O)(c2cccnc2)C3)cc1. The molecular weight excluding hydrogens is 314 g/mol. The fraction of sp³-hybridized carbons (Fsp3) is 0.400. The molecule has 2 unspecified atom stereocenters. The number of pyridine rings is 1. The Kier molecular flexibility index (Phi) is 3.96. The number of amides is 2. The van der Waals surface area contributed by atoms with Crippen molar-refractivity contribution >= 4 is 11.7 Å². The van der Waals surface area contributed by atoms with Crippen LogP contribution in [0.4, 0.5) is 10.5 Å². The van der Waals surface area contributed by atoms with E-state index in [-0.39, 0.29) is 18.1 Å². The van der Waals surface area contributed by atoms with Crippen LogP contribution in [-0.4, -0.2) is 33.1 Å². The molecule has 0 spiro atoms. The second-order valence-electron chi connectivity index (χ2n) is 7.27. The third-order valence-corrected chi connectivity index (χ3v) is 5.50. The van der Waals surface area contributed by atoms with Crippen LogP contribution >= 0.6 is 0 Å². The molecule has 2 fully saturated rings. The van der Waals surface area contributed by atoms with Crippen molar-refractivity contribution in [2.75, 3.05) is 5.32 Å². The number of anilines is 1. The highest BCUT2D eigenvalue weighted by Gasteiger charge is 2.50. The zero-order chi connectivity index (χ0) is 17.4. The number of carbonyl (C=O) groups is 1. The number of piperidine rings is 1. The molecule has 2 aromatic rings. The molecule has 5 nitrogen and oxygen atoms in total. The number of aryl methyl sites for hydroxylation is 1. The van der Waals surface area contributed by atoms with E-state index in [4.69, 9.17) is 0 Å². The lowest BCUT2D eigenvalue weighted by Crippen LogP contribution is -2.53. The third kappa shape index (κ3) is 3.00. The van der Waals surface area contributed by atoms with E-state index in [1.165, 1.54) is 0 Å². The van der Waals surface area contributed by atoms with E-state index in [0.29, 0.717) is 12.8 Å². The molecule has 2 N–H and O–H groups in total. The molecule has 1 aromatic heterocycles. The van der Waals surface area contributed by atoms with Gasteiger partial charge in [-0.15, -0.1) is 0 Å². The Hall–Kier alpha value is -2.40. The molecule has 2 atom stereocenters. The molecular formula is C20H23N3O2. The van der Waals surface area contributed by atoms with Gasteiger partial charge in [0.2, 0.25) is 0 Å². The van der Waals surface area contributed by atoms with Crippen molar-refractivity contribution in [3.8, 4) is 0 Å². The molecule has 5 heteroatoms. The van der Waals surface area contributed by atoms with Crippen LogP contribution in [0.5, 0.6) is 0 Å². The standard InChI is InChI=1S/C20H23N3O2/c1-14-4-6-16(7-5-14)22-19(24)23-17-8-9-18(23)12-20(25,11-17)15-3-2-10-21-13-15/h2-7,10,13,17-18,25H,8-9,11-12H2,1H3,(H,22,24). The molecule has 2 amide bonds. The molecule has 25 heavy (non-hydrogen) atoms. The summed E-state index contributed by atoms with van der Waals surface area (Å²) in [4.78, 5) is 18.9. The largest absolute Gasteiger partial charge is 0.385 e. The van der Waals surface area contributed by atoms with Gasteiger partial charge in [0, 0.05) is 48.6 Å². The number of urea groups is 1. The van der Waals surface area contributed by atoms with Crippen molar-refractivity contribution < 1.29 is 9.90 Å². The summed E-state index contributed by atoms with van der Waals surface area (Å²) >= 11 is 0. The maximum atomic E-state index is 12.8. The van der Waals surface area contributed by atoms with E-state index in [9.17, 15) is 9.90 Å². The fourth-order valence-electron chi connectivity index (χ4n) is 4.26. The van der Waals surface area contributed by atoms with Crippen LogP contribution in [0.25, 0.3) is 0 Å². The maximum Gasteiger partial charge on any atom is 0.322 e. The summed E-state index contributed by atoms with van der Waals surface area (Å²) in [7, 11) is 0. The monoisotopic (exact) mass is 337 g/mol. The Labute approximate surface area is 147 Å². The molecule has 0 radical (unpaired) electrons. The quantitative estimate of drug-likeness (QED) is 0.882. The average molecular weight is 337 g/mol. The topological polar surface area (TPSA) is 65.5 Å². The lowest BCUT2D eigenvalue weighted by atomic mass is 9.81. The molecule has 1 aromatic carbocycles. The van der Waals surface area contributed by atoms with Crippen molar-refractivity contribution in [1.29, 1.82) is 0 Å². The van der Waals surface area contributed by atoms with E-state index in [0.717, 1.165) is 29.7 Å². The lowest BCUT2D eigenvalue weighted by molar-refractivity contribution is -0.0424. The summed E-state index contributed by atoms with van der Waals surface area (Å²) in [6.07, 6.45) is 6.46. The van der Waals surface area contributed by atoms with Gasteiger partial charge >= 0.3 is 6.03 Å². The maximum absolute atomic E-state index is 12.8. The summed E-state index contributed by atoms with van der Waals surface area (Å²) in [6.45, 7) is 2.02. The molecule has 4 rings (SSSR count). The minimum atomic E-state index is -0.888. The first-order valence-corrected chi connectivity index (χ1v) is 8.84. The lowest BCUT2D eigenvalue weighted by Gasteiger charge is -2.43. The Bertz CT molecular complexity index is 746. The van der Waals surface area contributed by atoms with Gasteiger partial charge in [0.15, 0.2) is 0 Å². The second kappa shape index (κ2) is 6.15. The normalized spacial score (nSPS) is 28.0. The van der Waals surface area contributed by atoms with Crippen LogP contribution in [0.1, 0.15) is 36.8 Å². The fourth-order valence-corrected chi connectivity index (χ4v) is 4.26. The molecule has 2 aliphatic rings. The van der Waals surface area contributed by atoms with Crippen LogP contribution in [0, 0.1) is 6.92 Å². The van der Waals surface area contributed by atoms with Gasteiger partial charge in [-0.25, -0.2) is 4.79 Å². The van der Waals surface area contributed by atoms with Crippen LogP contribution in [0.3, 0.4) is 0 Å². The number of hydrogen-bond donors (Lipinski definition) is 2. The molecule has 0 aliphatic carbocycles. The first kappa shape index (κ1) is 16.1. The highest BCUT2D eigenvalue weighted by Crippen LogP contribution is 2.45. The van der Waals surface area contributed by atoms with Gasteiger partial charge in [0.25, 0.3) is 0 Å². The van der Waals surface area contributed by atoms with E-state index in [2.05, 4.69) is 10.3 Å². The average Bonchev–Trinajstić information content (AvgIpc) is 2.90. The van der Waals surface area contributed by atoms with Crippen molar-refractivity contribution in [2.24, 2.45) is 0 Å². The van der Waals surface area contributed by atoms with Gasteiger partial charge in [-0.2, -0.15) is 0 Å². The molecule has 2 aliphatic heterocycles. The minimum Gasteiger partial charge on any atom is -0.385 e. The van der Waals surface area contributed by atoms with E-state index >= 15 is 0 Å². The van der Waals surface area contributed by atoms with Gasteiger partial charge in [-0.1, -0.05) is 23.8 Å². The summed E-state index contributed by atoms with van der Waals surface area (Å²) in [6, 6.07) is 11.7. The van der Waals surface area contributed by atoms with Crippen molar-refractivity contribution in [1.82, 2.24) is 9.88 Å². The predicted octanol–water partition coefficient (Wildman–Crippen LogP) is 3.44. The van der Waals surface area contributed by atoms with Crippen LogP contribution in [-0.2, 0) is 5.60 Å². The number of nitrogens with one attached hydrogen (secondary N) is 1. The van der Waals surface area contributed by atoms with Gasteiger partial charge < -0.3 is 15.3 Å². The highest BCUT2D eigenvalue weighted by molar-refractivity contribution is 5.90. The van der Waals surface area contributed by atoms with Crippen LogP contribution < -0.4 is 5.32 Å². The smallest absolute Gasteiger partial charge is 0.322 e. The number of nitrogens with zero attached hydrogens (tertiary/aromatic N) is 2. The van der Waals surface area contributed by atoms with E-state index in [1.54, 1.807) is 12.4 Å². The molecule has 0 saturated carbocycles. The highest BCUT2D eigenvalue weighted by atomic mass is 16.3. The Morgan fingerprint density at radius 1 is 1.20 bits per heavy atom. The van der Waals surface area contributed by atoms with Gasteiger partial charge in [-0.05, 0) is 38.0 Å². The zero-order valence-electron chi connectivity index (χ0n) is 14.4. The third-order valence-electron chi connectivity index (χ3n) is 5.50. The zero-order valence-corrected chi connectivity index (χ0v) is 14.4. The van der Waals surface area contributed by atoms with E-state index < -0.39 is 5.60 Å². The Morgan fingerprint density at radius 3 is 2.48 bits per heavy atom.